The van der Waals surface area contributed by atoms with E-state index in [1.165, 1.54) is 11.3 Å². The Labute approximate surface area is 86.6 Å². The van der Waals surface area contributed by atoms with E-state index >= 15 is 0 Å². The van der Waals surface area contributed by atoms with Crippen molar-refractivity contribution in [2.45, 2.75) is 6.92 Å². The summed E-state index contributed by atoms with van der Waals surface area (Å²) >= 11 is 1.37. The van der Waals surface area contributed by atoms with Gasteiger partial charge in [-0.2, -0.15) is 0 Å². The summed E-state index contributed by atoms with van der Waals surface area (Å²) in [5.74, 6) is -0.314. The van der Waals surface area contributed by atoms with E-state index in [0.29, 0.717) is 30.4 Å². The Morgan fingerprint density at radius 3 is 3.07 bits per heavy atom. The molecule has 0 aliphatic carbocycles. The largest absolute Gasteiger partial charge is 0.483 e. The first-order valence-electron chi connectivity index (χ1n) is 4.36. The smallest absolute Gasteiger partial charge is 0.339 e. The van der Waals surface area contributed by atoms with Crippen LogP contribution in [-0.2, 0) is 4.74 Å². The van der Waals surface area contributed by atoms with Crippen LogP contribution in [0.2, 0.25) is 0 Å². The van der Waals surface area contributed by atoms with Crippen molar-refractivity contribution in [3.8, 4) is 5.06 Å². The summed E-state index contributed by atoms with van der Waals surface area (Å²) in [6, 6.07) is 1.66. The summed E-state index contributed by atoms with van der Waals surface area (Å²) in [5, 5.41) is 2.41. The maximum atomic E-state index is 11.2. The SMILES string of the molecule is CCOC(=O)c1csc(OCCN)c1. The van der Waals surface area contributed by atoms with Crippen molar-refractivity contribution < 1.29 is 14.3 Å². The van der Waals surface area contributed by atoms with Gasteiger partial charge in [-0.3, -0.25) is 0 Å². The number of thiophene rings is 1. The Morgan fingerprint density at radius 1 is 1.64 bits per heavy atom. The van der Waals surface area contributed by atoms with Crippen LogP contribution in [0.15, 0.2) is 11.4 Å². The third-order valence-corrected chi connectivity index (χ3v) is 2.29. The number of nitrogens with two attached hydrogens (primary N) is 1. The van der Waals surface area contributed by atoms with E-state index in [0.717, 1.165) is 0 Å². The molecule has 1 aromatic rings. The van der Waals surface area contributed by atoms with Gasteiger partial charge in [-0.05, 0) is 6.92 Å². The molecule has 1 rings (SSSR count). The fourth-order valence-corrected chi connectivity index (χ4v) is 1.63. The Balaban J connectivity index is 2.54. The maximum absolute atomic E-state index is 11.2. The Bertz CT molecular complexity index is 298. The van der Waals surface area contributed by atoms with Crippen LogP contribution in [-0.4, -0.2) is 25.7 Å². The number of carbonyl (C=O) groups excluding carboxylic acids is 1. The van der Waals surface area contributed by atoms with Crippen LogP contribution < -0.4 is 10.5 Å². The highest BCUT2D eigenvalue weighted by Crippen LogP contribution is 2.23. The maximum Gasteiger partial charge on any atom is 0.339 e. The van der Waals surface area contributed by atoms with E-state index in [2.05, 4.69) is 0 Å². The second kappa shape index (κ2) is 5.62. The van der Waals surface area contributed by atoms with Crippen LogP contribution >= 0.6 is 11.3 Å². The fraction of sp³-hybridized carbons (Fsp3) is 0.444. The highest BCUT2D eigenvalue weighted by molar-refractivity contribution is 7.12. The standard InChI is InChI=1S/C9H13NO3S/c1-2-12-9(11)7-5-8(14-6-7)13-4-3-10/h5-6H,2-4,10H2,1H3. The molecule has 0 spiro atoms. The van der Waals surface area contributed by atoms with Gasteiger partial charge in [0.2, 0.25) is 0 Å². The zero-order valence-electron chi connectivity index (χ0n) is 7.99. The van der Waals surface area contributed by atoms with Gasteiger partial charge >= 0.3 is 5.97 Å². The van der Waals surface area contributed by atoms with E-state index in [1.54, 1.807) is 18.4 Å². The van der Waals surface area contributed by atoms with Crippen molar-refractivity contribution in [3.05, 3.63) is 17.0 Å². The summed E-state index contributed by atoms with van der Waals surface area (Å²) in [6.45, 7) is 3.08. The van der Waals surface area contributed by atoms with Crippen LogP contribution in [0.5, 0.6) is 5.06 Å². The number of hydrogen-bond donors (Lipinski definition) is 1. The third kappa shape index (κ3) is 3.01. The molecule has 5 heteroatoms. The van der Waals surface area contributed by atoms with Crippen LogP contribution in [0.25, 0.3) is 0 Å². The number of ether oxygens (including phenoxy) is 2. The van der Waals surface area contributed by atoms with E-state index in [9.17, 15) is 4.79 Å². The van der Waals surface area contributed by atoms with E-state index in [-0.39, 0.29) is 5.97 Å². The molecule has 0 radical (unpaired) electrons. The van der Waals surface area contributed by atoms with Crippen LogP contribution in [0.1, 0.15) is 17.3 Å². The average Bonchev–Trinajstić information content (AvgIpc) is 2.63. The molecule has 0 amide bonds. The normalized spacial score (nSPS) is 9.86. The first kappa shape index (κ1) is 11.0. The molecule has 2 N–H and O–H groups in total. The lowest BCUT2D eigenvalue weighted by Crippen LogP contribution is -2.10. The van der Waals surface area contributed by atoms with Gasteiger partial charge in [0, 0.05) is 18.0 Å². The van der Waals surface area contributed by atoms with Crippen LogP contribution in [0.3, 0.4) is 0 Å². The number of esters is 1. The van der Waals surface area contributed by atoms with Crippen molar-refractivity contribution in [2.24, 2.45) is 5.73 Å². The number of rotatable bonds is 5. The van der Waals surface area contributed by atoms with Crippen molar-refractivity contribution >= 4 is 17.3 Å². The molecule has 0 saturated heterocycles. The number of hydrogen-bond acceptors (Lipinski definition) is 5. The van der Waals surface area contributed by atoms with Crippen LogP contribution in [0, 0.1) is 0 Å². The molecule has 0 fully saturated rings. The minimum absolute atomic E-state index is 0.314. The molecule has 4 nitrogen and oxygen atoms in total. The molecular weight excluding hydrogens is 202 g/mol. The van der Waals surface area contributed by atoms with E-state index < -0.39 is 0 Å². The van der Waals surface area contributed by atoms with Gasteiger partial charge < -0.3 is 15.2 Å². The highest BCUT2D eigenvalue weighted by atomic mass is 32.1. The Morgan fingerprint density at radius 2 is 2.43 bits per heavy atom. The van der Waals surface area contributed by atoms with E-state index in [4.69, 9.17) is 15.2 Å². The van der Waals surface area contributed by atoms with Gasteiger partial charge in [-0.25, -0.2) is 4.79 Å². The van der Waals surface area contributed by atoms with Gasteiger partial charge in [0.25, 0.3) is 0 Å². The molecule has 14 heavy (non-hydrogen) atoms. The minimum Gasteiger partial charge on any atom is -0.483 e. The first-order chi connectivity index (χ1) is 6.77. The zero-order chi connectivity index (χ0) is 10.4. The lowest BCUT2D eigenvalue weighted by Gasteiger charge is -1.99. The van der Waals surface area contributed by atoms with Gasteiger partial charge in [-0.15, -0.1) is 11.3 Å². The monoisotopic (exact) mass is 215 g/mol. The summed E-state index contributed by atoms with van der Waals surface area (Å²) in [7, 11) is 0. The summed E-state index contributed by atoms with van der Waals surface area (Å²) < 4.78 is 10.1. The molecule has 0 aliphatic heterocycles. The molecule has 1 heterocycles. The Kier molecular flexibility index (Phi) is 4.42. The molecule has 0 bridgehead atoms. The quantitative estimate of drug-likeness (QED) is 0.751. The Hall–Kier alpha value is -1.07. The van der Waals surface area contributed by atoms with Gasteiger partial charge in [-0.1, -0.05) is 0 Å². The lowest BCUT2D eigenvalue weighted by atomic mass is 10.3. The molecule has 0 aliphatic rings. The summed E-state index contributed by atoms with van der Waals surface area (Å²) in [6.07, 6.45) is 0. The second-order valence-electron chi connectivity index (χ2n) is 2.51. The third-order valence-electron chi connectivity index (χ3n) is 1.45. The molecule has 1 aromatic heterocycles. The lowest BCUT2D eigenvalue weighted by molar-refractivity contribution is 0.0526. The zero-order valence-corrected chi connectivity index (χ0v) is 8.80. The predicted octanol–water partition coefficient (Wildman–Crippen LogP) is 1.26. The minimum atomic E-state index is -0.314. The van der Waals surface area contributed by atoms with Crippen molar-refractivity contribution in [1.29, 1.82) is 0 Å². The predicted molar refractivity (Wildman–Crippen MR) is 54.8 cm³/mol. The number of carbonyl (C=O) groups is 1. The molecular formula is C9H13NO3S. The molecule has 0 unspecified atom stereocenters. The van der Waals surface area contributed by atoms with Crippen molar-refractivity contribution in [1.82, 2.24) is 0 Å². The fourth-order valence-electron chi connectivity index (χ4n) is 0.873. The topological polar surface area (TPSA) is 61.5 Å². The van der Waals surface area contributed by atoms with E-state index in [1.807, 2.05) is 0 Å². The first-order valence-corrected chi connectivity index (χ1v) is 5.24. The van der Waals surface area contributed by atoms with Gasteiger partial charge in [0.05, 0.1) is 12.2 Å². The van der Waals surface area contributed by atoms with Crippen molar-refractivity contribution in [3.63, 3.8) is 0 Å². The second-order valence-corrected chi connectivity index (χ2v) is 3.39. The summed E-state index contributed by atoms with van der Waals surface area (Å²) in [4.78, 5) is 11.2. The summed E-state index contributed by atoms with van der Waals surface area (Å²) in [5.41, 5.74) is 5.81. The molecule has 0 aromatic carbocycles. The van der Waals surface area contributed by atoms with Gasteiger partial charge in [0.1, 0.15) is 6.61 Å². The average molecular weight is 215 g/mol. The highest BCUT2D eigenvalue weighted by Gasteiger charge is 2.09. The molecule has 0 atom stereocenters. The van der Waals surface area contributed by atoms with Crippen LogP contribution in [0.4, 0.5) is 0 Å². The van der Waals surface area contributed by atoms with Crippen molar-refractivity contribution in [2.75, 3.05) is 19.8 Å². The molecule has 78 valence electrons. The molecule has 0 saturated carbocycles. The van der Waals surface area contributed by atoms with Gasteiger partial charge in [0.15, 0.2) is 5.06 Å².